The fraction of sp³-hybridized carbons (Fsp3) is 1.00. The lowest BCUT2D eigenvalue weighted by atomic mass is 9.75. The van der Waals surface area contributed by atoms with Crippen molar-refractivity contribution in [3.05, 3.63) is 0 Å². The predicted molar refractivity (Wildman–Crippen MR) is 60.3 cm³/mol. The second kappa shape index (κ2) is 4.22. The molecule has 0 aromatic carbocycles. The van der Waals surface area contributed by atoms with Crippen molar-refractivity contribution in [1.82, 2.24) is 5.32 Å². The van der Waals surface area contributed by atoms with Crippen LogP contribution in [0.5, 0.6) is 0 Å². The summed E-state index contributed by atoms with van der Waals surface area (Å²) >= 11 is 2.07. The first-order valence-corrected chi connectivity index (χ1v) is 6.75. The van der Waals surface area contributed by atoms with Crippen LogP contribution in [0.4, 0.5) is 0 Å². The Kier molecular flexibility index (Phi) is 3.20. The highest BCUT2D eigenvalue weighted by Crippen LogP contribution is 2.35. The SMILES string of the molecule is CC1(CNC2CSC2)CCCCC1. The minimum absolute atomic E-state index is 0.624. The average Bonchev–Trinajstić information content (AvgIpc) is 2.02. The quantitative estimate of drug-likeness (QED) is 0.750. The van der Waals surface area contributed by atoms with E-state index >= 15 is 0 Å². The molecular weight excluding hydrogens is 178 g/mol. The maximum atomic E-state index is 3.71. The van der Waals surface area contributed by atoms with Gasteiger partial charge in [0.15, 0.2) is 0 Å². The minimum atomic E-state index is 0.624. The van der Waals surface area contributed by atoms with Crippen LogP contribution in [0, 0.1) is 5.41 Å². The van der Waals surface area contributed by atoms with Gasteiger partial charge in [0.25, 0.3) is 0 Å². The number of thioether (sulfide) groups is 1. The second-order valence-corrected chi connectivity index (χ2v) is 6.06. The Morgan fingerprint density at radius 1 is 1.23 bits per heavy atom. The second-order valence-electron chi connectivity index (χ2n) is 4.99. The Bertz CT molecular complexity index is 159. The number of nitrogens with one attached hydrogen (secondary N) is 1. The molecule has 2 fully saturated rings. The van der Waals surface area contributed by atoms with Gasteiger partial charge >= 0.3 is 0 Å². The van der Waals surface area contributed by atoms with Gasteiger partial charge in [0.2, 0.25) is 0 Å². The summed E-state index contributed by atoms with van der Waals surface area (Å²) in [5, 5.41) is 3.71. The first-order chi connectivity index (χ1) is 6.29. The van der Waals surface area contributed by atoms with Gasteiger partial charge < -0.3 is 5.32 Å². The van der Waals surface area contributed by atoms with Gasteiger partial charge in [-0.15, -0.1) is 0 Å². The van der Waals surface area contributed by atoms with E-state index in [2.05, 4.69) is 24.0 Å². The van der Waals surface area contributed by atoms with Crippen LogP contribution in [0.2, 0.25) is 0 Å². The van der Waals surface area contributed by atoms with Crippen LogP contribution in [-0.2, 0) is 0 Å². The van der Waals surface area contributed by atoms with Crippen LogP contribution < -0.4 is 5.32 Å². The van der Waals surface area contributed by atoms with Crippen molar-refractivity contribution < 1.29 is 0 Å². The van der Waals surface area contributed by atoms with Gasteiger partial charge in [-0.05, 0) is 18.3 Å². The van der Waals surface area contributed by atoms with Crippen LogP contribution in [0.25, 0.3) is 0 Å². The zero-order valence-electron chi connectivity index (χ0n) is 8.64. The summed E-state index contributed by atoms with van der Waals surface area (Å²) in [6, 6.07) is 0.837. The highest BCUT2D eigenvalue weighted by atomic mass is 32.2. The Balaban J connectivity index is 1.71. The van der Waals surface area contributed by atoms with Crippen LogP contribution >= 0.6 is 11.8 Å². The van der Waals surface area contributed by atoms with E-state index in [1.54, 1.807) is 0 Å². The van der Waals surface area contributed by atoms with Gasteiger partial charge in [-0.2, -0.15) is 11.8 Å². The van der Waals surface area contributed by atoms with E-state index in [1.807, 2.05) is 0 Å². The zero-order valence-corrected chi connectivity index (χ0v) is 9.46. The van der Waals surface area contributed by atoms with Gasteiger partial charge in [-0.3, -0.25) is 0 Å². The number of hydrogen-bond acceptors (Lipinski definition) is 2. The van der Waals surface area contributed by atoms with Crippen molar-refractivity contribution in [2.24, 2.45) is 5.41 Å². The third kappa shape index (κ3) is 2.63. The van der Waals surface area contributed by atoms with Crippen LogP contribution in [0.15, 0.2) is 0 Å². The van der Waals surface area contributed by atoms with Crippen LogP contribution in [0.3, 0.4) is 0 Å². The summed E-state index contributed by atoms with van der Waals surface area (Å²) in [5.41, 5.74) is 0.624. The molecule has 0 radical (unpaired) electrons. The molecule has 76 valence electrons. The lowest BCUT2D eigenvalue weighted by molar-refractivity contribution is 0.203. The Labute approximate surface area is 86.0 Å². The molecule has 0 unspecified atom stereocenters. The maximum Gasteiger partial charge on any atom is 0.0249 e. The predicted octanol–water partition coefficient (Wildman–Crippen LogP) is 2.66. The third-order valence-electron chi connectivity index (χ3n) is 3.52. The maximum absolute atomic E-state index is 3.71. The van der Waals surface area contributed by atoms with Crippen molar-refractivity contribution >= 4 is 11.8 Å². The molecule has 13 heavy (non-hydrogen) atoms. The highest BCUT2D eigenvalue weighted by molar-refractivity contribution is 8.00. The summed E-state index contributed by atoms with van der Waals surface area (Å²) < 4.78 is 0. The monoisotopic (exact) mass is 199 g/mol. The number of hydrogen-bond donors (Lipinski definition) is 1. The average molecular weight is 199 g/mol. The lowest BCUT2D eigenvalue weighted by Gasteiger charge is -2.37. The van der Waals surface area contributed by atoms with Crippen molar-refractivity contribution in [2.45, 2.75) is 45.1 Å². The first kappa shape index (κ1) is 9.85. The standard InChI is InChI=1S/C11H21NS/c1-11(5-3-2-4-6-11)9-12-10-7-13-8-10/h10,12H,2-9H2,1H3. The highest BCUT2D eigenvalue weighted by Gasteiger charge is 2.28. The molecule has 2 heteroatoms. The van der Waals surface area contributed by atoms with E-state index in [0.717, 1.165) is 6.04 Å². The molecule has 0 amide bonds. The molecule has 1 saturated carbocycles. The van der Waals surface area contributed by atoms with E-state index in [1.165, 1.54) is 50.2 Å². The molecule has 1 saturated heterocycles. The van der Waals surface area contributed by atoms with E-state index < -0.39 is 0 Å². The third-order valence-corrected chi connectivity index (χ3v) is 4.79. The number of rotatable bonds is 3. The molecule has 0 spiro atoms. The Morgan fingerprint density at radius 2 is 1.92 bits per heavy atom. The normalized spacial score (nSPS) is 28.4. The molecule has 1 nitrogen and oxygen atoms in total. The first-order valence-electron chi connectivity index (χ1n) is 5.60. The van der Waals surface area contributed by atoms with Gasteiger partial charge in [-0.25, -0.2) is 0 Å². The van der Waals surface area contributed by atoms with E-state index in [4.69, 9.17) is 0 Å². The molecule has 1 N–H and O–H groups in total. The van der Waals surface area contributed by atoms with Crippen molar-refractivity contribution in [3.63, 3.8) is 0 Å². The van der Waals surface area contributed by atoms with Crippen molar-refractivity contribution in [3.8, 4) is 0 Å². The fourth-order valence-electron chi connectivity index (χ4n) is 2.33. The van der Waals surface area contributed by atoms with E-state index in [9.17, 15) is 0 Å². The van der Waals surface area contributed by atoms with Crippen LogP contribution in [0.1, 0.15) is 39.0 Å². The molecule has 2 aliphatic rings. The molecular formula is C11H21NS. The van der Waals surface area contributed by atoms with Crippen molar-refractivity contribution in [2.75, 3.05) is 18.1 Å². The van der Waals surface area contributed by atoms with Gasteiger partial charge in [0.1, 0.15) is 0 Å². The molecule has 1 aliphatic carbocycles. The van der Waals surface area contributed by atoms with Crippen molar-refractivity contribution in [1.29, 1.82) is 0 Å². The Morgan fingerprint density at radius 3 is 2.46 bits per heavy atom. The molecule has 2 rings (SSSR count). The molecule has 0 bridgehead atoms. The largest absolute Gasteiger partial charge is 0.312 e. The summed E-state index contributed by atoms with van der Waals surface area (Å²) in [6.45, 7) is 3.73. The molecule has 0 aromatic rings. The van der Waals surface area contributed by atoms with Gasteiger partial charge in [0.05, 0.1) is 0 Å². The lowest BCUT2D eigenvalue weighted by Crippen LogP contribution is -2.45. The van der Waals surface area contributed by atoms with E-state index in [-0.39, 0.29) is 0 Å². The summed E-state index contributed by atoms with van der Waals surface area (Å²) in [7, 11) is 0. The molecule has 0 atom stereocenters. The minimum Gasteiger partial charge on any atom is -0.312 e. The topological polar surface area (TPSA) is 12.0 Å². The summed E-state index contributed by atoms with van der Waals surface area (Å²) in [4.78, 5) is 0. The molecule has 0 aromatic heterocycles. The Hall–Kier alpha value is 0.310. The van der Waals surface area contributed by atoms with E-state index in [0.29, 0.717) is 5.41 Å². The smallest absolute Gasteiger partial charge is 0.0249 e. The van der Waals surface area contributed by atoms with Gasteiger partial charge in [0, 0.05) is 24.1 Å². The molecule has 1 aliphatic heterocycles. The molecule has 1 heterocycles. The summed E-state index contributed by atoms with van der Waals surface area (Å²) in [5.74, 6) is 2.69. The fourth-order valence-corrected chi connectivity index (χ4v) is 3.03. The van der Waals surface area contributed by atoms with Crippen LogP contribution in [-0.4, -0.2) is 24.1 Å². The van der Waals surface area contributed by atoms with Gasteiger partial charge in [-0.1, -0.05) is 26.2 Å². The summed E-state index contributed by atoms with van der Waals surface area (Å²) in [6.07, 6.45) is 7.27. The zero-order chi connectivity index (χ0) is 9.15.